The van der Waals surface area contributed by atoms with Gasteiger partial charge in [-0.25, -0.2) is 0 Å². The lowest BCUT2D eigenvalue weighted by Crippen LogP contribution is -2.47. The largest absolute Gasteiger partial charge is 0.372 e. The van der Waals surface area contributed by atoms with Crippen molar-refractivity contribution in [3.05, 3.63) is 0 Å². The number of fused-ring (bicyclic) bond motifs is 3. The first-order valence-corrected chi connectivity index (χ1v) is 8.49. The Morgan fingerprint density at radius 3 is 2.60 bits per heavy atom. The summed E-state index contributed by atoms with van der Waals surface area (Å²) < 4.78 is 6.41. The van der Waals surface area contributed by atoms with Gasteiger partial charge >= 0.3 is 0 Å². The van der Waals surface area contributed by atoms with E-state index in [1.54, 1.807) is 0 Å². The lowest BCUT2D eigenvalue weighted by Gasteiger charge is -2.50. The molecule has 114 valence electrons. The first-order valence-electron chi connectivity index (χ1n) is 8.49. The van der Waals surface area contributed by atoms with Crippen molar-refractivity contribution in [2.75, 3.05) is 0 Å². The number of Topliss-reactive ketones (excluding diaryl/α,β-unsaturated/α-hetero) is 1. The first kappa shape index (κ1) is 14.6. The fourth-order valence-electron chi connectivity index (χ4n) is 5.35. The van der Waals surface area contributed by atoms with E-state index < -0.39 is 0 Å². The summed E-state index contributed by atoms with van der Waals surface area (Å²) in [7, 11) is 0. The number of hydrogen-bond acceptors (Lipinski definition) is 2. The van der Waals surface area contributed by atoms with Crippen LogP contribution in [0.15, 0.2) is 0 Å². The Balaban J connectivity index is 1.77. The molecule has 5 atom stereocenters. The van der Waals surface area contributed by atoms with Gasteiger partial charge < -0.3 is 4.74 Å². The van der Waals surface area contributed by atoms with Crippen molar-refractivity contribution in [1.29, 1.82) is 0 Å². The van der Waals surface area contributed by atoms with Crippen LogP contribution in [0, 0.1) is 23.2 Å². The molecule has 0 bridgehead atoms. The zero-order valence-electron chi connectivity index (χ0n) is 13.6. The normalized spacial score (nSPS) is 45.1. The maximum Gasteiger partial charge on any atom is 0.133 e. The number of carbonyl (C=O) groups is 1. The highest BCUT2D eigenvalue weighted by Gasteiger charge is 2.55. The van der Waals surface area contributed by atoms with E-state index in [0.717, 1.165) is 31.1 Å². The van der Waals surface area contributed by atoms with Gasteiger partial charge in [-0.3, -0.25) is 4.79 Å². The summed E-state index contributed by atoms with van der Waals surface area (Å²) in [5, 5.41) is 0. The fourth-order valence-corrected chi connectivity index (χ4v) is 5.35. The highest BCUT2D eigenvalue weighted by Crippen LogP contribution is 2.60. The molecule has 0 heterocycles. The van der Waals surface area contributed by atoms with Crippen LogP contribution >= 0.6 is 0 Å². The molecule has 0 N–H and O–H groups in total. The predicted molar refractivity (Wildman–Crippen MR) is 80.5 cm³/mol. The second kappa shape index (κ2) is 4.83. The van der Waals surface area contributed by atoms with Crippen molar-refractivity contribution in [2.24, 2.45) is 23.2 Å². The molecule has 3 aliphatic rings. The summed E-state index contributed by atoms with van der Waals surface area (Å²) in [5.41, 5.74) is 0.316. The van der Waals surface area contributed by atoms with Crippen LogP contribution in [0.5, 0.6) is 0 Å². The van der Waals surface area contributed by atoms with Gasteiger partial charge in [0.1, 0.15) is 5.78 Å². The third kappa shape index (κ3) is 2.45. The van der Waals surface area contributed by atoms with Gasteiger partial charge in [0.15, 0.2) is 0 Å². The molecular weight excluding hydrogens is 248 g/mol. The summed E-state index contributed by atoms with van der Waals surface area (Å²) >= 11 is 0. The van der Waals surface area contributed by atoms with Crippen molar-refractivity contribution in [1.82, 2.24) is 0 Å². The van der Waals surface area contributed by atoms with E-state index in [4.69, 9.17) is 4.74 Å². The van der Waals surface area contributed by atoms with Crippen molar-refractivity contribution in [3.8, 4) is 0 Å². The van der Waals surface area contributed by atoms with E-state index >= 15 is 0 Å². The molecule has 3 fully saturated rings. The maximum absolute atomic E-state index is 11.7. The van der Waals surface area contributed by atoms with Gasteiger partial charge in [0, 0.05) is 12.8 Å². The number of carbonyl (C=O) groups excluding carboxylic acids is 1. The summed E-state index contributed by atoms with van der Waals surface area (Å²) in [6, 6.07) is 0. The topological polar surface area (TPSA) is 26.3 Å². The molecule has 3 rings (SSSR count). The molecule has 0 aromatic heterocycles. The van der Waals surface area contributed by atoms with Crippen molar-refractivity contribution in [3.63, 3.8) is 0 Å². The van der Waals surface area contributed by atoms with Gasteiger partial charge in [0.2, 0.25) is 0 Å². The zero-order chi connectivity index (χ0) is 14.5. The standard InChI is InChI=1S/C18H30O2/c1-17(2,3)20-16-8-7-15-14-6-5-13(19)11-12(14)9-10-18(15,16)4/h12,14-16H,5-11H2,1-4H3/t12-,14-,15+,16+,18+/m1/s1. The maximum atomic E-state index is 11.7. The molecule has 0 aliphatic heterocycles. The lowest BCUT2D eigenvalue weighted by molar-refractivity contribution is -0.138. The minimum Gasteiger partial charge on any atom is -0.372 e. The molecule has 0 aromatic carbocycles. The Morgan fingerprint density at radius 1 is 1.15 bits per heavy atom. The van der Waals surface area contributed by atoms with E-state index in [2.05, 4.69) is 27.7 Å². The van der Waals surface area contributed by atoms with Crippen molar-refractivity contribution < 1.29 is 9.53 Å². The Labute approximate surface area is 123 Å². The minimum atomic E-state index is -0.0397. The fraction of sp³-hybridized carbons (Fsp3) is 0.944. The Hall–Kier alpha value is -0.370. The Bertz CT molecular complexity index is 395. The van der Waals surface area contributed by atoms with Crippen LogP contribution in [-0.4, -0.2) is 17.5 Å². The number of rotatable bonds is 1. The summed E-state index contributed by atoms with van der Waals surface area (Å²) in [5.74, 6) is 2.78. The second-order valence-corrected chi connectivity index (χ2v) is 8.65. The van der Waals surface area contributed by atoms with Gasteiger partial charge in [0.25, 0.3) is 0 Å². The average molecular weight is 278 g/mol. The van der Waals surface area contributed by atoms with Crippen molar-refractivity contribution >= 4 is 5.78 Å². The summed E-state index contributed by atoms with van der Waals surface area (Å²) in [4.78, 5) is 11.7. The van der Waals surface area contributed by atoms with E-state index in [1.165, 1.54) is 25.7 Å². The van der Waals surface area contributed by atoms with E-state index in [1.807, 2.05) is 0 Å². The summed E-state index contributed by atoms with van der Waals surface area (Å²) in [6.45, 7) is 8.99. The third-order valence-electron chi connectivity index (χ3n) is 6.24. The molecule has 2 nitrogen and oxygen atoms in total. The molecule has 0 aromatic rings. The third-order valence-corrected chi connectivity index (χ3v) is 6.24. The van der Waals surface area contributed by atoms with Gasteiger partial charge in [-0.15, -0.1) is 0 Å². The van der Waals surface area contributed by atoms with Gasteiger partial charge in [0.05, 0.1) is 11.7 Å². The van der Waals surface area contributed by atoms with Crippen LogP contribution in [0.4, 0.5) is 0 Å². The SMILES string of the molecule is CC(C)(C)O[C@H]1CC[C@H]2[C@@H]3CCC(=O)C[C@H]3CC[C@]12C. The zero-order valence-corrected chi connectivity index (χ0v) is 13.6. The first-order chi connectivity index (χ1) is 9.29. The molecule has 2 heteroatoms. The van der Waals surface area contributed by atoms with Crippen LogP contribution in [0.3, 0.4) is 0 Å². The Kier molecular flexibility index (Phi) is 3.52. The predicted octanol–water partition coefficient (Wildman–Crippen LogP) is 4.37. The van der Waals surface area contributed by atoms with Crippen molar-refractivity contribution in [2.45, 2.75) is 84.3 Å². The minimum absolute atomic E-state index is 0.0397. The van der Waals surface area contributed by atoms with E-state index in [-0.39, 0.29) is 5.60 Å². The molecule has 0 radical (unpaired) electrons. The molecule has 0 unspecified atom stereocenters. The monoisotopic (exact) mass is 278 g/mol. The molecule has 0 spiro atoms. The van der Waals surface area contributed by atoms with Gasteiger partial charge in [-0.2, -0.15) is 0 Å². The smallest absolute Gasteiger partial charge is 0.133 e. The van der Waals surface area contributed by atoms with E-state index in [9.17, 15) is 4.79 Å². The number of hydrogen-bond donors (Lipinski definition) is 0. The summed E-state index contributed by atoms with van der Waals surface area (Å²) in [6.07, 6.45) is 8.29. The van der Waals surface area contributed by atoms with Gasteiger partial charge in [-0.05, 0) is 76.0 Å². The highest BCUT2D eigenvalue weighted by molar-refractivity contribution is 5.79. The van der Waals surface area contributed by atoms with E-state index in [0.29, 0.717) is 23.2 Å². The van der Waals surface area contributed by atoms with Crippen LogP contribution in [-0.2, 0) is 9.53 Å². The van der Waals surface area contributed by atoms with Crippen LogP contribution in [0.2, 0.25) is 0 Å². The van der Waals surface area contributed by atoms with Gasteiger partial charge in [-0.1, -0.05) is 6.92 Å². The highest BCUT2D eigenvalue weighted by atomic mass is 16.5. The van der Waals surface area contributed by atoms with Crippen LogP contribution < -0.4 is 0 Å². The van der Waals surface area contributed by atoms with Crippen LogP contribution in [0.25, 0.3) is 0 Å². The number of ketones is 1. The average Bonchev–Trinajstić information content (AvgIpc) is 2.65. The molecule has 20 heavy (non-hydrogen) atoms. The number of ether oxygens (including phenoxy) is 1. The molecular formula is C18H30O2. The lowest BCUT2D eigenvalue weighted by atomic mass is 9.56. The molecule has 0 amide bonds. The van der Waals surface area contributed by atoms with Crippen LogP contribution in [0.1, 0.15) is 72.6 Å². The molecule has 0 saturated heterocycles. The molecule has 3 aliphatic carbocycles. The quantitative estimate of drug-likeness (QED) is 0.712. The molecule has 3 saturated carbocycles. The Morgan fingerprint density at radius 2 is 1.90 bits per heavy atom. The second-order valence-electron chi connectivity index (χ2n) is 8.65.